The number of carbonyl (C=O) groups excluding carboxylic acids is 2. The lowest BCUT2D eigenvalue weighted by Gasteiger charge is -2.39. The summed E-state index contributed by atoms with van der Waals surface area (Å²) in [6, 6.07) is 6.27. The fourth-order valence-electron chi connectivity index (χ4n) is 6.31. The Hall–Kier alpha value is -2.23. The number of piperidine rings is 1. The second kappa shape index (κ2) is 8.17. The van der Waals surface area contributed by atoms with E-state index in [9.17, 15) is 18.0 Å². The Morgan fingerprint density at radius 2 is 1.56 bits per heavy atom. The summed E-state index contributed by atoms with van der Waals surface area (Å²) in [6.45, 7) is 8.48. The summed E-state index contributed by atoms with van der Waals surface area (Å²) in [7, 11) is -3.76. The van der Waals surface area contributed by atoms with Gasteiger partial charge in [0.05, 0.1) is 10.3 Å². The van der Waals surface area contributed by atoms with Gasteiger partial charge in [-0.2, -0.15) is 0 Å². The first-order valence-corrected chi connectivity index (χ1v) is 13.6. The molecule has 2 atom stereocenters. The van der Waals surface area contributed by atoms with Crippen LogP contribution in [0.15, 0.2) is 41.3 Å². The van der Waals surface area contributed by atoms with E-state index < -0.39 is 15.4 Å². The number of amides is 2. The van der Waals surface area contributed by atoms with Crippen LogP contribution < -0.4 is 10.0 Å². The number of fused-ring (bicyclic) bond motifs is 4. The largest absolute Gasteiger partial charge is 0.341 e. The van der Waals surface area contributed by atoms with E-state index in [-0.39, 0.29) is 34.1 Å². The van der Waals surface area contributed by atoms with Crippen LogP contribution in [0.3, 0.4) is 0 Å². The molecule has 8 nitrogen and oxygen atoms in total. The molecule has 0 radical (unpaired) electrons. The summed E-state index contributed by atoms with van der Waals surface area (Å²) < 4.78 is 28.3. The molecule has 2 N–H and O–H groups in total. The summed E-state index contributed by atoms with van der Waals surface area (Å²) in [4.78, 5) is 31.3. The van der Waals surface area contributed by atoms with Crippen LogP contribution in [-0.2, 0) is 14.8 Å². The van der Waals surface area contributed by atoms with Crippen molar-refractivity contribution in [2.24, 2.45) is 16.2 Å². The van der Waals surface area contributed by atoms with Gasteiger partial charge in [0.1, 0.15) is 0 Å². The summed E-state index contributed by atoms with van der Waals surface area (Å²) in [5, 5.41) is 3.37. The number of allylic oxidation sites excluding steroid dienone is 1. The van der Waals surface area contributed by atoms with Crippen molar-refractivity contribution in [1.82, 2.24) is 19.8 Å². The monoisotopic (exact) mass is 486 g/mol. The molecule has 184 valence electrons. The molecular weight excluding hydrogens is 452 g/mol. The minimum absolute atomic E-state index is 0.0871. The van der Waals surface area contributed by atoms with Gasteiger partial charge in [-0.3, -0.25) is 9.59 Å². The molecule has 3 saturated heterocycles. The Balaban J connectivity index is 1.53. The van der Waals surface area contributed by atoms with Crippen LogP contribution in [-0.4, -0.2) is 75.8 Å². The Kier molecular flexibility index (Phi) is 5.65. The third-order valence-corrected chi connectivity index (χ3v) is 10.1. The molecule has 1 aromatic carbocycles. The minimum atomic E-state index is -3.76. The number of rotatable bonds is 0. The van der Waals surface area contributed by atoms with Crippen molar-refractivity contribution in [1.29, 1.82) is 0 Å². The molecule has 6 bridgehead atoms. The Labute approximate surface area is 201 Å². The second-order valence-electron chi connectivity index (χ2n) is 11.0. The molecule has 0 aromatic heterocycles. The molecule has 5 aliphatic heterocycles. The van der Waals surface area contributed by atoms with Crippen LogP contribution in [0.1, 0.15) is 43.5 Å². The van der Waals surface area contributed by atoms with Gasteiger partial charge in [0.2, 0.25) is 15.9 Å². The number of hydrogen-bond acceptors (Lipinski definition) is 5. The highest BCUT2D eigenvalue weighted by atomic mass is 32.2. The van der Waals surface area contributed by atoms with Crippen molar-refractivity contribution in [2.45, 2.75) is 38.0 Å². The predicted molar refractivity (Wildman–Crippen MR) is 129 cm³/mol. The van der Waals surface area contributed by atoms with Gasteiger partial charge >= 0.3 is 0 Å². The lowest BCUT2D eigenvalue weighted by atomic mass is 9.71. The Morgan fingerprint density at radius 3 is 2.24 bits per heavy atom. The summed E-state index contributed by atoms with van der Waals surface area (Å²) >= 11 is 0. The topological polar surface area (TPSA) is 98.8 Å². The van der Waals surface area contributed by atoms with Gasteiger partial charge in [0.15, 0.2) is 0 Å². The van der Waals surface area contributed by atoms with Crippen LogP contribution in [0.2, 0.25) is 0 Å². The number of hydrogen-bond donors (Lipinski definition) is 2. The molecule has 0 unspecified atom stereocenters. The molecule has 0 saturated carbocycles. The van der Waals surface area contributed by atoms with Gasteiger partial charge in [0.25, 0.3) is 5.91 Å². The van der Waals surface area contributed by atoms with E-state index in [0.717, 1.165) is 25.9 Å². The van der Waals surface area contributed by atoms with E-state index in [1.165, 1.54) is 12.1 Å². The van der Waals surface area contributed by atoms with E-state index in [2.05, 4.69) is 23.9 Å². The van der Waals surface area contributed by atoms with Gasteiger partial charge in [-0.15, -0.1) is 0 Å². The zero-order valence-corrected chi connectivity index (χ0v) is 20.8. The second-order valence-corrected chi connectivity index (χ2v) is 12.8. The van der Waals surface area contributed by atoms with E-state index in [1.54, 1.807) is 18.2 Å². The molecule has 34 heavy (non-hydrogen) atoms. The van der Waals surface area contributed by atoms with E-state index in [1.807, 2.05) is 15.9 Å². The van der Waals surface area contributed by atoms with E-state index in [4.69, 9.17) is 0 Å². The summed E-state index contributed by atoms with van der Waals surface area (Å²) in [5.74, 6) is 0.0377. The molecule has 5 heterocycles. The van der Waals surface area contributed by atoms with Gasteiger partial charge in [-0.1, -0.05) is 32.1 Å². The third-order valence-electron chi connectivity index (χ3n) is 8.66. The van der Waals surface area contributed by atoms with Gasteiger partial charge in [-0.25, -0.2) is 13.1 Å². The highest BCUT2D eigenvalue weighted by molar-refractivity contribution is 7.89. The summed E-state index contributed by atoms with van der Waals surface area (Å²) in [5.41, 5.74) is -0.512. The average Bonchev–Trinajstić information content (AvgIpc) is 3.22. The zero-order valence-electron chi connectivity index (χ0n) is 20.0. The number of carbonyl (C=O) groups is 2. The van der Waals surface area contributed by atoms with E-state index in [0.29, 0.717) is 38.2 Å². The molecule has 1 aromatic rings. The standard InChI is InChI=1S/C25H34N4O4S/c1-23-15-28-16-24(23,2)18-29(17-23)22(31)25(9-12-26-13-10-25)8-3-4-11-27-34(32,33)20-7-5-6-19(14-20)21(28)30/h3-7,14,26-27H,8-13,15-18H2,1-2H3/b4-3+/t23-,24+. The zero-order chi connectivity index (χ0) is 24.2. The lowest BCUT2D eigenvalue weighted by molar-refractivity contribution is -0.143. The van der Waals surface area contributed by atoms with Gasteiger partial charge < -0.3 is 15.1 Å². The average molecular weight is 487 g/mol. The molecule has 5 aliphatic rings. The first kappa shape index (κ1) is 23.5. The number of nitrogens with one attached hydrogen (secondary N) is 2. The first-order chi connectivity index (χ1) is 16.1. The first-order valence-electron chi connectivity index (χ1n) is 12.1. The fraction of sp³-hybridized carbons (Fsp3) is 0.600. The van der Waals surface area contributed by atoms with Crippen molar-refractivity contribution in [3.8, 4) is 0 Å². The van der Waals surface area contributed by atoms with Crippen LogP contribution in [0, 0.1) is 16.2 Å². The Morgan fingerprint density at radius 1 is 0.912 bits per heavy atom. The molecule has 6 rings (SSSR count). The minimum Gasteiger partial charge on any atom is -0.341 e. The van der Waals surface area contributed by atoms with Gasteiger partial charge in [-0.05, 0) is 50.6 Å². The lowest BCUT2D eigenvalue weighted by Crippen LogP contribution is -2.49. The van der Waals surface area contributed by atoms with Crippen molar-refractivity contribution >= 4 is 21.8 Å². The maximum atomic E-state index is 13.9. The van der Waals surface area contributed by atoms with Crippen molar-refractivity contribution < 1.29 is 18.0 Å². The molecule has 0 aliphatic carbocycles. The maximum Gasteiger partial charge on any atom is 0.253 e. The Bertz CT molecular complexity index is 1120. The van der Waals surface area contributed by atoms with Crippen molar-refractivity contribution in [3.63, 3.8) is 0 Å². The number of nitrogens with zero attached hydrogens (tertiary/aromatic N) is 2. The number of benzene rings is 1. The molecule has 3 fully saturated rings. The fourth-order valence-corrected chi connectivity index (χ4v) is 7.33. The maximum absolute atomic E-state index is 13.9. The molecular formula is C25H34N4O4S. The highest BCUT2D eigenvalue weighted by Gasteiger charge is 2.60. The van der Waals surface area contributed by atoms with Gasteiger partial charge in [0, 0.05) is 49.1 Å². The molecule has 1 spiro atoms. The van der Waals surface area contributed by atoms with E-state index >= 15 is 0 Å². The van der Waals surface area contributed by atoms with Crippen LogP contribution in [0.25, 0.3) is 0 Å². The SMILES string of the molecule is C[C@@]12CN3C[C@]1(C)CN(C2)C(=O)C1(C/C=C/CNS(=O)(=O)c2cccc(c2)C3=O)CCNCC1. The van der Waals surface area contributed by atoms with Crippen molar-refractivity contribution in [2.75, 3.05) is 45.8 Å². The quantitative estimate of drug-likeness (QED) is 0.543. The number of sulfonamides is 1. The normalized spacial score (nSPS) is 33.9. The van der Waals surface area contributed by atoms with Crippen LogP contribution >= 0.6 is 0 Å². The predicted octanol–water partition coefficient (Wildman–Crippen LogP) is 1.61. The molecule has 2 amide bonds. The molecule has 9 heteroatoms. The smallest absolute Gasteiger partial charge is 0.253 e. The van der Waals surface area contributed by atoms with Crippen molar-refractivity contribution in [3.05, 3.63) is 42.0 Å². The van der Waals surface area contributed by atoms with Crippen LogP contribution in [0.4, 0.5) is 0 Å². The summed E-state index contributed by atoms with van der Waals surface area (Å²) in [6.07, 6.45) is 5.87. The highest BCUT2D eigenvalue weighted by Crippen LogP contribution is 2.53. The van der Waals surface area contributed by atoms with Crippen LogP contribution in [0.5, 0.6) is 0 Å². The third kappa shape index (κ3) is 3.78.